The summed E-state index contributed by atoms with van der Waals surface area (Å²) in [5.74, 6) is 1.72. The van der Waals surface area contributed by atoms with Gasteiger partial charge in [-0.1, -0.05) is 31.6 Å². The van der Waals surface area contributed by atoms with Crippen molar-refractivity contribution in [1.82, 2.24) is 4.90 Å². The summed E-state index contributed by atoms with van der Waals surface area (Å²) in [5, 5.41) is 0. The predicted octanol–water partition coefficient (Wildman–Crippen LogP) is 4.56. The number of rotatable bonds is 6. The van der Waals surface area contributed by atoms with Gasteiger partial charge in [0.2, 0.25) is 12.7 Å². The number of fused-ring (bicyclic) bond motifs is 1. The molecule has 0 bridgehead atoms. The van der Waals surface area contributed by atoms with Crippen molar-refractivity contribution in [3.63, 3.8) is 0 Å². The molecule has 4 nitrogen and oxygen atoms in total. The number of allylic oxidation sites excluding steroid dienone is 2. The Morgan fingerprint density at radius 3 is 2.72 bits per heavy atom. The Hall–Kier alpha value is -2.23. The molecular formula is C21H27NO3. The first-order chi connectivity index (χ1) is 12.3. The van der Waals surface area contributed by atoms with E-state index in [1.54, 1.807) is 6.08 Å². The molecule has 0 spiro atoms. The molecule has 3 rings (SSSR count). The molecule has 1 aromatic carbocycles. The Balaban J connectivity index is 1.72. The van der Waals surface area contributed by atoms with Crippen molar-refractivity contribution in [1.29, 1.82) is 0 Å². The smallest absolute Gasteiger partial charge is 0.246 e. The van der Waals surface area contributed by atoms with Crippen molar-refractivity contribution in [3.05, 3.63) is 41.5 Å². The van der Waals surface area contributed by atoms with Gasteiger partial charge in [0.1, 0.15) is 0 Å². The van der Waals surface area contributed by atoms with Gasteiger partial charge >= 0.3 is 0 Å². The summed E-state index contributed by atoms with van der Waals surface area (Å²) in [4.78, 5) is 14.3. The number of carbonyl (C=O) groups is 1. The van der Waals surface area contributed by atoms with Crippen LogP contribution in [0, 0.1) is 0 Å². The lowest BCUT2D eigenvalue weighted by molar-refractivity contribution is -0.126. The van der Waals surface area contributed by atoms with Gasteiger partial charge in [-0.15, -0.1) is 0 Å². The van der Waals surface area contributed by atoms with Crippen LogP contribution in [0.1, 0.15) is 51.0 Å². The van der Waals surface area contributed by atoms with Crippen LogP contribution in [0.4, 0.5) is 0 Å². The highest BCUT2D eigenvalue weighted by molar-refractivity contribution is 5.88. The normalized spacial score (nSPS) is 17.3. The first-order valence-corrected chi connectivity index (χ1v) is 9.33. The van der Waals surface area contributed by atoms with Crippen LogP contribution < -0.4 is 9.47 Å². The first-order valence-electron chi connectivity index (χ1n) is 9.33. The lowest BCUT2D eigenvalue weighted by Crippen LogP contribution is -2.34. The highest BCUT2D eigenvalue weighted by Crippen LogP contribution is 2.33. The number of piperidine rings is 1. The van der Waals surface area contributed by atoms with Gasteiger partial charge < -0.3 is 14.4 Å². The summed E-state index contributed by atoms with van der Waals surface area (Å²) in [6.45, 7) is 4.24. The second-order valence-electron chi connectivity index (χ2n) is 6.65. The molecule has 1 amide bonds. The zero-order valence-electron chi connectivity index (χ0n) is 15.0. The molecule has 134 valence electrons. The first kappa shape index (κ1) is 17.6. The fourth-order valence-corrected chi connectivity index (χ4v) is 3.20. The standard InChI is InChI=1S/C21H27NO3/c1-2-3-7-17(9-11-21(23)22-12-5-4-6-13-22)14-18-8-10-19-20(15-18)25-16-24-19/h8-11,14-15H,2-7,12-13,16H2,1H3/b11-9+,17-14+. The Labute approximate surface area is 150 Å². The van der Waals surface area contributed by atoms with Gasteiger partial charge in [0.25, 0.3) is 0 Å². The molecule has 0 N–H and O–H groups in total. The molecule has 1 aromatic rings. The molecule has 2 aliphatic rings. The maximum absolute atomic E-state index is 12.4. The molecule has 25 heavy (non-hydrogen) atoms. The summed E-state index contributed by atoms with van der Waals surface area (Å²) < 4.78 is 10.8. The zero-order valence-corrected chi connectivity index (χ0v) is 15.0. The summed E-state index contributed by atoms with van der Waals surface area (Å²) in [7, 11) is 0. The van der Waals surface area contributed by atoms with Gasteiger partial charge in [0.15, 0.2) is 11.5 Å². The van der Waals surface area contributed by atoms with Crippen LogP contribution in [-0.4, -0.2) is 30.7 Å². The Morgan fingerprint density at radius 1 is 1.12 bits per heavy atom. The minimum absolute atomic E-state index is 0.132. The Bertz CT molecular complexity index is 657. The van der Waals surface area contributed by atoms with Crippen LogP contribution in [0.15, 0.2) is 35.9 Å². The molecule has 2 heterocycles. The van der Waals surface area contributed by atoms with Crippen LogP contribution in [0.5, 0.6) is 11.5 Å². The van der Waals surface area contributed by atoms with Gasteiger partial charge in [-0.3, -0.25) is 4.79 Å². The number of hydrogen-bond donors (Lipinski definition) is 0. The van der Waals surface area contributed by atoms with Crippen molar-refractivity contribution in [2.45, 2.75) is 45.4 Å². The minimum Gasteiger partial charge on any atom is -0.454 e. The van der Waals surface area contributed by atoms with Crippen molar-refractivity contribution >= 4 is 12.0 Å². The molecule has 0 saturated carbocycles. The summed E-state index contributed by atoms with van der Waals surface area (Å²) in [6, 6.07) is 5.96. The lowest BCUT2D eigenvalue weighted by atomic mass is 10.0. The van der Waals surface area contributed by atoms with Gasteiger partial charge in [-0.05, 0) is 55.4 Å². The molecule has 2 aliphatic heterocycles. The second-order valence-corrected chi connectivity index (χ2v) is 6.65. The minimum atomic E-state index is 0.132. The molecule has 0 unspecified atom stereocenters. The van der Waals surface area contributed by atoms with Crippen molar-refractivity contribution in [2.24, 2.45) is 0 Å². The number of hydrogen-bond acceptors (Lipinski definition) is 3. The van der Waals surface area contributed by atoms with Crippen LogP contribution in [0.25, 0.3) is 6.08 Å². The van der Waals surface area contributed by atoms with E-state index in [4.69, 9.17) is 9.47 Å². The third-order valence-electron chi connectivity index (χ3n) is 4.68. The summed E-state index contributed by atoms with van der Waals surface area (Å²) in [6.07, 6.45) is 12.5. The molecular weight excluding hydrogens is 314 g/mol. The molecule has 1 fully saturated rings. The van der Waals surface area contributed by atoms with E-state index < -0.39 is 0 Å². The van der Waals surface area contributed by atoms with Crippen molar-refractivity contribution in [2.75, 3.05) is 19.9 Å². The average Bonchev–Trinajstić information content (AvgIpc) is 3.12. The highest BCUT2D eigenvalue weighted by Gasteiger charge is 2.14. The van der Waals surface area contributed by atoms with Crippen molar-refractivity contribution < 1.29 is 14.3 Å². The largest absolute Gasteiger partial charge is 0.454 e. The topological polar surface area (TPSA) is 38.8 Å². The Kier molecular flexibility index (Phi) is 6.15. The number of likely N-dealkylation sites (tertiary alicyclic amines) is 1. The Morgan fingerprint density at radius 2 is 1.92 bits per heavy atom. The van der Waals surface area contributed by atoms with E-state index in [-0.39, 0.29) is 12.7 Å². The number of benzene rings is 1. The van der Waals surface area contributed by atoms with E-state index in [1.165, 1.54) is 12.0 Å². The van der Waals surface area contributed by atoms with Crippen LogP contribution in [0.3, 0.4) is 0 Å². The zero-order chi connectivity index (χ0) is 17.5. The van der Waals surface area contributed by atoms with Crippen LogP contribution in [0.2, 0.25) is 0 Å². The van der Waals surface area contributed by atoms with E-state index in [2.05, 4.69) is 13.0 Å². The SMILES string of the molecule is CCCCC(/C=C/C(=O)N1CCCCC1)=C\c1ccc2c(c1)OCO2. The summed E-state index contributed by atoms with van der Waals surface area (Å²) in [5.41, 5.74) is 2.25. The van der Waals surface area contributed by atoms with Crippen LogP contribution >= 0.6 is 0 Å². The predicted molar refractivity (Wildman–Crippen MR) is 99.6 cm³/mol. The van der Waals surface area contributed by atoms with Gasteiger partial charge in [0.05, 0.1) is 0 Å². The summed E-state index contributed by atoms with van der Waals surface area (Å²) >= 11 is 0. The molecule has 4 heteroatoms. The van der Waals surface area contributed by atoms with Gasteiger partial charge in [-0.2, -0.15) is 0 Å². The quantitative estimate of drug-likeness (QED) is 0.562. The number of nitrogens with zero attached hydrogens (tertiary/aromatic N) is 1. The van der Waals surface area contributed by atoms with E-state index in [1.807, 2.05) is 29.2 Å². The van der Waals surface area contributed by atoms with E-state index in [0.717, 1.165) is 62.3 Å². The number of ether oxygens (including phenoxy) is 2. The van der Waals surface area contributed by atoms with E-state index in [9.17, 15) is 4.79 Å². The maximum atomic E-state index is 12.4. The number of carbonyl (C=O) groups excluding carboxylic acids is 1. The third kappa shape index (κ3) is 4.88. The van der Waals surface area contributed by atoms with Crippen molar-refractivity contribution in [3.8, 4) is 11.5 Å². The number of amides is 1. The third-order valence-corrected chi connectivity index (χ3v) is 4.68. The maximum Gasteiger partial charge on any atom is 0.246 e. The van der Waals surface area contributed by atoms with Crippen LogP contribution in [-0.2, 0) is 4.79 Å². The fraction of sp³-hybridized carbons (Fsp3) is 0.476. The fourth-order valence-electron chi connectivity index (χ4n) is 3.20. The molecule has 0 aliphatic carbocycles. The lowest BCUT2D eigenvalue weighted by Gasteiger charge is -2.25. The monoisotopic (exact) mass is 341 g/mol. The molecule has 0 atom stereocenters. The highest BCUT2D eigenvalue weighted by atomic mass is 16.7. The molecule has 0 radical (unpaired) electrons. The number of unbranched alkanes of at least 4 members (excludes halogenated alkanes) is 1. The van der Waals surface area contributed by atoms with E-state index in [0.29, 0.717) is 0 Å². The van der Waals surface area contributed by atoms with Gasteiger partial charge in [0, 0.05) is 19.2 Å². The second kappa shape index (κ2) is 8.75. The van der Waals surface area contributed by atoms with Gasteiger partial charge in [-0.25, -0.2) is 0 Å². The average molecular weight is 341 g/mol. The van der Waals surface area contributed by atoms with E-state index >= 15 is 0 Å². The molecule has 1 saturated heterocycles. The molecule has 0 aromatic heterocycles.